The topological polar surface area (TPSA) is 61.9 Å². The van der Waals surface area contributed by atoms with E-state index < -0.39 is 6.09 Å². The fraction of sp³-hybridized carbons (Fsp3) is 0.875. The number of ether oxygens (including phenoxy) is 1. The van der Waals surface area contributed by atoms with Gasteiger partial charge in [-0.05, 0) is 12.3 Å². The van der Waals surface area contributed by atoms with Crippen molar-refractivity contribution < 1.29 is 14.6 Å². The normalized spacial score (nSPS) is 23.8. The van der Waals surface area contributed by atoms with Gasteiger partial charge >= 0.3 is 6.09 Å². The SMILES string of the molecule is CC(C)C[C@H](NC(=O)O)[C@H]1CO1. The molecular formula is C8H15NO3. The van der Waals surface area contributed by atoms with E-state index >= 15 is 0 Å². The number of amides is 1. The maximum atomic E-state index is 10.4. The van der Waals surface area contributed by atoms with E-state index in [1.54, 1.807) is 0 Å². The summed E-state index contributed by atoms with van der Waals surface area (Å²) in [5.41, 5.74) is 0. The van der Waals surface area contributed by atoms with Crippen LogP contribution in [-0.2, 0) is 4.74 Å². The molecule has 1 fully saturated rings. The molecule has 0 aromatic carbocycles. The Labute approximate surface area is 71.9 Å². The van der Waals surface area contributed by atoms with Crippen LogP contribution in [0.1, 0.15) is 20.3 Å². The third-order valence-electron chi connectivity index (χ3n) is 1.84. The summed E-state index contributed by atoms with van der Waals surface area (Å²) in [5.74, 6) is 0.492. The van der Waals surface area contributed by atoms with E-state index in [4.69, 9.17) is 9.84 Å². The molecule has 0 unspecified atom stereocenters. The molecule has 2 atom stereocenters. The van der Waals surface area contributed by atoms with Gasteiger partial charge in [0.2, 0.25) is 0 Å². The molecule has 0 spiro atoms. The molecule has 1 aliphatic rings. The summed E-state index contributed by atoms with van der Waals surface area (Å²) in [6, 6.07) is -0.0255. The highest BCUT2D eigenvalue weighted by atomic mass is 16.6. The number of hydrogen-bond donors (Lipinski definition) is 2. The van der Waals surface area contributed by atoms with Gasteiger partial charge in [0.15, 0.2) is 0 Å². The third kappa shape index (κ3) is 3.09. The maximum Gasteiger partial charge on any atom is 0.404 e. The lowest BCUT2D eigenvalue weighted by Crippen LogP contribution is -2.38. The number of carbonyl (C=O) groups is 1. The minimum atomic E-state index is -0.962. The van der Waals surface area contributed by atoms with E-state index in [0.717, 1.165) is 6.42 Å². The highest BCUT2D eigenvalue weighted by Gasteiger charge is 2.33. The van der Waals surface area contributed by atoms with Crippen molar-refractivity contribution in [2.45, 2.75) is 32.4 Å². The quantitative estimate of drug-likeness (QED) is 0.625. The van der Waals surface area contributed by atoms with Crippen molar-refractivity contribution in [2.75, 3.05) is 6.61 Å². The molecule has 1 saturated heterocycles. The number of carboxylic acid groups (broad SMARTS) is 1. The molecule has 1 rings (SSSR count). The Morgan fingerprint density at radius 1 is 1.75 bits per heavy atom. The van der Waals surface area contributed by atoms with Crippen LogP contribution in [0.25, 0.3) is 0 Å². The van der Waals surface area contributed by atoms with Crippen LogP contribution in [0, 0.1) is 5.92 Å². The first-order chi connectivity index (χ1) is 5.59. The van der Waals surface area contributed by atoms with Gasteiger partial charge in [0.25, 0.3) is 0 Å². The van der Waals surface area contributed by atoms with Crippen LogP contribution in [0.3, 0.4) is 0 Å². The van der Waals surface area contributed by atoms with Gasteiger partial charge in [-0.3, -0.25) is 0 Å². The summed E-state index contributed by atoms with van der Waals surface area (Å²) >= 11 is 0. The molecule has 4 nitrogen and oxygen atoms in total. The zero-order valence-corrected chi connectivity index (χ0v) is 7.41. The largest absolute Gasteiger partial charge is 0.465 e. The predicted molar refractivity (Wildman–Crippen MR) is 44.1 cm³/mol. The summed E-state index contributed by atoms with van der Waals surface area (Å²) in [5, 5.41) is 11.0. The first-order valence-electron chi connectivity index (χ1n) is 4.20. The van der Waals surface area contributed by atoms with Crippen LogP contribution < -0.4 is 5.32 Å². The molecule has 0 aromatic heterocycles. The van der Waals surface area contributed by atoms with Gasteiger partial charge < -0.3 is 15.2 Å². The minimum absolute atomic E-state index is 0.0255. The van der Waals surface area contributed by atoms with Gasteiger partial charge in [-0.15, -0.1) is 0 Å². The second-order valence-electron chi connectivity index (χ2n) is 3.56. The van der Waals surface area contributed by atoms with E-state index in [1.165, 1.54) is 0 Å². The lowest BCUT2D eigenvalue weighted by atomic mass is 10.0. The molecule has 0 bridgehead atoms. The Balaban J connectivity index is 2.32. The fourth-order valence-corrected chi connectivity index (χ4v) is 1.26. The van der Waals surface area contributed by atoms with Gasteiger partial charge in [0.05, 0.1) is 12.6 Å². The Hall–Kier alpha value is -0.770. The zero-order valence-electron chi connectivity index (χ0n) is 7.41. The number of hydrogen-bond acceptors (Lipinski definition) is 2. The van der Waals surface area contributed by atoms with Crippen LogP contribution >= 0.6 is 0 Å². The Morgan fingerprint density at radius 3 is 2.67 bits per heavy atom. The van der Waals surface area contributed by atoms with Gasteiger partial charge in [0, 0.05) is 0 Å². The average Bonchev–Trinajstić information content (AvgIpc) is 2.63. The maximum absolute atomic E-state index is 10.4. The summed E-state index contributed by atoms with van der Waals surface area (Å²) < 4.78 is 5.05. The molecule has 0 radical (unpaired) electrons. The van der Waals surface area contributed by atoms with E-state index in [0.29, 0.717) is 12.5 Å². The molecular weight excluding hydrogens is 158 g/mol. The molecule has 1 amide bonds. The Bertz CT molecular complexity index is 166. The van der Waals surface area contributed by atoms with Gasteiger partial charge in [-0.1, -0.05) is 13.8 Å². The molecule has 4 heteroatoms. The standard InChI is InChI=1S/C8H15NO3/c1-5(2)3-6(7-4-12-7)9-8(10)11/h5-7,9H,3-4H2,1-2H3,(H,10,11)/t6-,7+/m0/s1. The van der Waals surface area contributed by atoms with Gasteiger partial charge in [0.1, 0.15) is 6.10 Å². The zero-order chi connectivity index (χ0) is 9.14. The van der Waals surface area contributed by atoms with Crippen molar-refractivity contribution in [1.82, 2.24) is 5.32 Å². The molecule has 12 heavy (non-hydrogen) atoms. The molecule has 2 N–H and O–H groups in total. The fourth-order valence-electron chi connectivity index (χ4n) is 1.26. The van der Waals surface area contributed by atoms with Crippen LogP contribution in [0.15, 0.2) is 0 Å². The number of rotatable bonds is 4. The van der Waals surface area contributed by atoms with Crippen LogP contribution in [0.5, 0.6) is 0 Å². The molecule has 0 aliphatic carbocycles. The monoisotopic (exact) mass is 173 g/mol. The lowest BCUT2D eigenvalue weighted by Gasteiger charge is -2.16. The van der Waals surface area contributed by atoms with Crippen molar-refractivity contribution in [3.63, 3.8) is 0 Å². The summed E-state index contributed by atoms with van der Waals surface area (Å²) in [7, 11) is 0. The highest BCUT2D eigenvalue weighted by molar-refractivity contribution is 5.65. The van der Waals surface area contributed by atoms with E-state index in [-0.39, 0.29) is 12.1 Å². The molecule has 1 heterocycles. The van der Waals surface area contributed by atoms with Crippen molar-refractivity contribution in [2.24, 2.45) is 5.92 Å². The second kappa shape index (κ2) is 3.76. The van der Waals surface area contributed by atoms with Crippen LogP contribution in [-0.4, -0.2) is 30.0 Å². The highest BCUT2D eigenvalue weighted by Crippen LogP contribution is 2.19. The lowest BCUT2D eigenvalue weighted by molar-refractivity contribution is 0.183. The van der Waals surface area contributed by atoms with Gasteiger partial charge in [-0.2, -0.15) is 0 Å². The Kier molecular flexibility index (Phi) is 2.92. The Morgan fingerprint density at radius 2 is 2.33 bits per heavy atom. The van der Waals surface area contributed by atoms with E-state index in [9.17, 15) is 4.79 Å². The van der Waals surface area contributed by atoms with E-state index in [1.807, 2.05) is 0 Å². The van der Waals surface area contributed by atoms with Crippen molar-refractivity contribution >= 4 is 6.09 Å². The van der Waals surface area contributed by atoms with Gasteiger partial charge in [-0.25, -0.2) is 4.79 Å². The summed E-state index contributed by atoms with van der Waals surface area (Å²) in [6.45, 7) is 4.83. The second-order valence-corrected chi connectivity index (χ2v) is 3.56. The van der Waals surface area contributed by atoms with Crippen LogP contribution in [0.2, 0.25) is 0 Å². The summed E-state index contributed by atoms with van der Waals surface area (Å²) in [6.07, 6.45) is -0.00333. The molecule has 0 aromatic rings. The van der Waals surface area contributed by atoms with Crippen molar-refractivity contribution in [1.29, 1.82) is 0 Å². The number of nitrogens with one attached hydrogen (secondary N) is 1. The molecule has 70 valence electrons. The predicted octanol–water partition coefficient (Wildman–Crippen LogP) is 1.07. The first kappa shape index (κ1) is 9.32. The van der Waals surface area contributed by atoms with Crippen molar-refractivity contribution in [3.8, 4) is 0 Å². The molecule has 1 aliphatic heterocycles. The average molecular weight is 173 g/mol. The van der Waals surface area contributed by atoms with Crippen LogP contribution in [0.4, 0.5) is 4.79 Å². The van der Waals surface area contributed by atoms with Crippen molar-refractivity contribution in [3.05, 3.63) is 0 Å². The van der Waals surface area contributed by atoms with E-state index in [2.05, 4.69) is 19.2 Å². The number of epoxide rings is 1. The smallest absolute Gasteiger partial charge is 0.404 e. The summed E-state index contributed by atoms with van der Waals surface area (Å²) in [4.78, 5) is 10.4. The third-order valence-corrected chi connectivity index (χ3v) is 1.84. The molecule has 0 saturated carbocycles. The minimum Gasteiger partial charge on any atom is -0.465 e. The first-order valence-corrected chi connectivity index (χ1v) is 4.20.